The van der Waals surface area contributed by atoms with Crippen LogP contribution in [0, 0.1) is 5.82 Å². The van der Waals surface area contributed by atoms with Crippen molar-refractivity contribution in [2.75, 3.05) is 10.6 Å². The van der Waals surface area contributed by atoms with Gasteiger partial charge in [0.05, 0.1) is 10.0 Å². The standard InChI is InChI=1S/C14H14ClFN2OS/c1-8(10-5-14(15)20-7-10)17-11-3-4-12(16)13(6-11)18-9(2)19/h3-8,17H,1-2H3,(H,18,19). The summed E-state index contributed by atoms with van der Waals surface area (Å²) in [6.45, 7) is 3.33. The van der Waals surface area contributed by atoms with Gasteiger partial charge >= 0.3 is 0 Å². The summed E-state index contributed by atoms with van der Waals surface area (Å²) >= 11 is 7.37. The minimum Gasteiger partial charge on any atom is -0.378 e. The minimum atomic E-state index is -0.461. The van der Waals surface area contributed by atoms with E-state index in [4.69, 9.17) is 11.6 Å². The molecule has 2 rings (SSSR count). The van der Waals surface area contributed by atoms with Crippen molar-refractivity contribution >= 4 is 40.2 Å². The molecule has 0 saturated heterocycles. The molecule has 0 bridgehead atoms. The lowest BCUT2D eigenvalue weighted by Crippen LogP contribution is -2.09. The van der Waals surface area contributed by atoms with Crippen molar-refractivity contribution in [2.45, 2.75) is 19.9 Å². The van der Waals surface area contributed by atoms with Crippen LogP contribution < -0.4 is 10.6 Å². The molecular formula is C14H14ClFN2OS. The number of rotatable bonds is 4. The van der Waals surface area contributed by atoms with Gasteiger partial charge in [-0.15, -0.1) is 11.3 Å². The fourth-order valence-electron chi connectivity index (χ4n) is 1.78. The van der Waals surface area contributed by atoms with E-state index in [1.54, 1.807) is 12.1 Å². The highest BCUT2D eigenvalue weighted by Crippen LogP contribution is 2.28. The molecule has 0 saturated carbocycles. The maximum Gasteiger partial charge on any atom is 0.221 e. The number of carbonyl (C=O) groups excluding carboxylic acids is 1. The molecule has 0 fully saturated rings. The SMILES string of the molecule is CC(=O)Nc1cc(NC(C)c2csc(Cl)c2)ccc1F. The van der Waals surface area contributed by atoms with E-state index in [1.807, 2.05) is 18.4 Å². The number of benzene rings is 1. The first kappa shape index (κ1) is 14.8. The van der Waals surface area contributed by atoms with Crippen LogP contribution in [0.3, 0.4) is 0 Å². The molecule has 0 radical (unpaired) electrons. The second kappa shape index (κ2) is 6.24. The maximum atomic E-state index is 13.5. The van der Waals surface area contributed by atoms with Crippen molar-refractivity contribution in [1.82, 2.24) is 0 Å². The lowest BCUT2D eigenvalue weighted by molar-refractivity contribution is -0.114. The highest BCUT2D eigenvalue weighted by molar-refractivity contribution is 7.14. The second-order valence-electron chi connectivity index (χ2n) is 4.43. The zero-order valence-corrected chi connectivity index (χ0v) is 12.6. The molecule has 1 atom stereocenters. The van der Waals surface area contributed by atoms with Crippen LogP contribution in [-0.2, 0) is 4.79 Å². The van der Waals surface area contributed by atoms with Gasteiger partial charge in [0.2, 0.25) is 5.91 Å². The number of hydrogen-bond acceptors (Lipinski definition) is 3. The number of nitrogens with one attached hydrogen (secondary N) is 2. The average molecular weight is 313 g/mol. The van der Waals surface area contributed by atoms with Crippen molar-refractivity contribution < 1.29 is 9.18 Å². The predicted octanol–water partition coefficient (Wildman–Crippen LogP) is 4.67. The highest BCUT2D eigenvalue weighted by Gasteiger charge is 2.10. The molecule has 0 aliphatic heterocycles. The molecule has 0 spiro atoms. The topological polar surface area (TPSA) is 41.1 Å². The van der Waals surface area contributed by atoms with E-state index in [1.165, 1.54) is 24.3 Å². The Morgan fingerprint density at radius 3 is 2.75 bits per heavy atom. The third-order valence-corrected chi connectivity index (χ3v) is 3.86. The highest BCUT2D eigenvalue weighted by atomic mass is 35.5. The van der Waals surface area contributed by atoms with E-state index in [0.717, 1.165) is 15.6 Å². The van der Waals surface area contributed by atoms with Crippen LogP contribution >= 0.6 is 22.9 Å². The number of halogens is 2. The van der Waals surface area contributed by atoms with E-state index in [-0.39, 0.29) is 17.6 Å². The van der Waals surface area contributed by atoms with Crippen molar-refractivity contribution in [1.29, 1.82) is 0 Å². The lowest BCUT2D eigenvalue weighted by Gasteiger charge is -2.15. The van der Waals surface area contributed by atoms with Crippen molar-refractivity contribution in [3.05, 3.63) is 45.4 Å². The molecule has 106 valence electrons. The van der Waals surface area contributed by atoms with Crippen LogP contribution in [0.15, 0.2) is 29.6 Å². The van der Waals surface area contributed by atoms with Gasteiger partial charge in [0.1, 0.15) is 5.82 Å². The lowest BCUT2D eigenvalue weighted by atomic mass is 10.1. The van der Waals surface area contributed by atoms with Gasteiger partial charge in [-0.25, -0.2) is 4.39 Å². The van der Waals surface area contributed by atoms with Crippen molar-refractivity contribution in [2.24, 2.45) is 0 Å². The normalized spacial score (nSPS) is 12.0. The fourth-order valence-corrected chi connectivity index (χ4v) is 2.77. The zero-order valence-electron chi connectivity index (χ0n) is 11.0. The number of amides is 1. The smallest absolute Gasteiger partial charge is 0.221 e. The molecule has 2 N–H and O–H groups in total. The molecule has 0 aliphatic rings. The summed E-state index contributed by atoms with van der Waals surface area (Å²) in [6.07, 6.45) is 0. The summed E-state index contributed by atoms with van der Waals surface area (Å²) in [7, 11) is 0. The molecule has 1 amide bonds. The van der Waals surface area contributed by atoms with Crippen LogP contribution in [0.4, 0.5) is 15.8 Å². The van der Waals surface area contributed by atoms with Gasteiger partial charge in [-0.2, -0.15) is 0 Å². The number of anilines is 2. The van der Waals surface area contributed by atoms with E-state index < -0.39 is 5.82 Å². The molecule has 0 aliphatic carbocycles. The van der Waals surface area contributed by atoms with Crippen LogP contribution in [0.2, 0.25) is 4.34 Å². The summed E-state index contributed by atoms with van der Waals surface area (Å²) in [5.41, 5.74) is 1.95. The largest absolute Gasteiger partial charge is 0.378 e. The second-order valence-corrected chi connectivity index (χ2v) is 5.97. The van der Waals surface area contributed by atoms with Crippen LogP contribution in [0.5, 0.6) is 0 Å². The molecule has 3 nitrogen and oxygen atoms in total. The average Bonchev–Trinajstić information content (AvgIpc) is 2.79. The Morgan fingerprint density at radius 1 is 1.40 bits per heavy atom. The first-order valence-corrected chi connectivity index (χ1v) is 7.29. The Kier molecular flexibility index (Phi) is 4.62. The number of carbonyl (C=O) groups is 1. The zero-order chi connectivity index (χ0) is 14.7. The summed E-state index contributed by atoms with van der Waals surface area (Å²) in [4.78, 5) is 11.0. The predicted molar refractivity (Wildman–Crippen MR) is 82.1 cm³/mol. The summed E-state index contributed by atoms with van der Waals surface area (Å²) < 4.78 is 14.3. The van der Waals surface area contributed by atoms with Gasteiger partial charge in [0, 0.05) is 18.7 Å². The number of thiophene rings is 1. The Bertz CT molecular complexity index is 629. The van der Waals surface area contributed by atoms with Gasteiger partial charge < -0.3 is 10.6 Å². The third kappa shape index (κ3) is 3.71. The summed E-state index contributed by atoms with van der Waals surface area (Å²) in [5.74, 6) is -0.768. The quantitative estimate of drug-likeness (QED) is 0.861. The molecular weight excluding hydrogens is 299 g/mol. The van der Waals surface area contributed by atoms with Gasteiger partial charge in [-0.1, -0.05) is 11.6 Å². The molecule has 2 aromatic rings. The summed E-state index contributed by atoms with van der Waals surface area (Å²) in [5, 5.41) is 7.67. The van der Waals surface area contributed by atoms with Gasteiger partial charge in [0.25, 0.3) is 0 Å². The summed E-state index contributed by atoms with van der Waals surface area (Å²) in [6, 6.07) is 6.45. The number of hydrogen-bond donors (Lipinski definition) is 2. The van der Waals surface area contributed by atoms with E-state index in [2.05, 4.69) is 10.6 Å². The Balaban J connectivity index is 2.15. The maximum absolute atomic E-state index is 13.5. The molecule has 1 aromatic heterocycles. The molecule has 1 heterocycles. The van der Waals surface area contributed by atoms with Crippen LogP contribution in [0.25, 0.3) is 0 Å². The van der Waals surface area contributed by atoms with Crippen molar-refractivity contribution in [3.8, 4) is 0 Å². The van der Waals surface area contributed by atoms with Crippen LogP contribution in [-0.4, -0.2) is 5.91 Å². The molecule has 20 heavy (non-hydrogen) atoms. The van der Waals surface area contributed by atoms with Crippen LogP contribution in [0.1, 0.15) is 25.5 Å². The third-order valence-electron chi connectivity index (χ3n) is 2.75. The minimum absolute atomic E-state index is 0.0365. The van der Waals surface area contributed by atoms with Gasteiger partial charge in [0.15, 0.2) is 0 Å². The van der Waals surface area contributed by atoms with E-state index in [9.17, 15) is 9.18 Å². The first-order chi connectivity index (χ1) is 9.45. The van der Waals surface area contributed by atoms with Gasteiger partial charge in [-0.3, -0.25) is 4.79 Å². The Morgan fingerprint density at radius 2 is 2.15 bits per heavy atom. The first-order valence-electron chi connectivity index (χ1n) is 6.03. The monoisotopic (exact) mass is 312 g/mol. The Hall–Kier alpha value is -1.59. The van der Waals surface area contributed by atoms with Crippen molar-refractivity contribution in [3.63, 3.8) is 0 Å². The molecule has 1 unspecified atom stereocenters. The molecule has 6 heteroatoms. The molecule has 1 aromatic carbocycles. The van der Waals surface area contributed by atoms with E-state index >= 15 is 0 Å². The van der Waals surface area contributed by atoms with E-state index in [0.29, 0.717) is 0 Å². The Labute approximate surface area is 125 Å². The fraction of sp³-hybridized carbons (Fsp3) is 0.214. The van der Waals surface area contributed by atoms with Gasteiger partial charge in [-0.05, 0) is 42.1 Å².